The van der Waals surface area contributed by atoms with E-state index in [0.717, 1.165) is 44.5 Å². The molecular formula is C12H21N3O2. The molecule has 1 saturated heterocycles. The Bertz CT molecular complexity index is 340. The lowest BCUT2D eigenvalue weighted by Gasteiger charge is -2.28. The number of hydrogen-bond acceptors (Lipinski definition) is 5. The second kappa shape index (κ2) is 6.12. The molecule has 0 aliphatic carbocycles. The molecule has 5 heteroatoms. The van der Waals surface area contributed by atoms with Crippen LogP contribution in [-0.2, 0) is 13.0 Å². The summed E-state index contributed by atoms with van der Waals surface area (Å²) in [7, 11) is 0. The number of nitrogens with zero attached hydrogens (tertiary/aromatic N) is 3. The summed E-state index contributed by atoms with van der Waals surface area (Å²) < 4.78 is 5.22. The van der Waals surface area contributed by atoms with Crippen LogP contribution in [0.4, 0.5) is 0 Å². The molecule has 1 atom stereocenters. The van der Waals surface area contributed by atoms with Crippen LogP contribution >= 0.6 is 0 Å². The molecule has 0 saturated carbocycles. The number of piperidine rings is 1. The third kappa shape index (κ3) is 3.78. The molecule has 0 aromatic carbocycles. The lowest BCUT2D eigenvalue weighted by Crippen LogP contribution is -2.37. The molecule has 1 fully saturated rings. The monoisotopic (exact) mass is 239 g/mol. The molecular weight excluding hydrogens is 218 g/mol. The standard InChI is InChI=1S/C12H21N3O2/c1-2-3-6-11-13-12(17-14-11)9-15-7-4-5-10(16)8-15/h10,16H,2-9H2,1H3/t10-/m0/s1. The predicted molar refractivity (Wildman–Crippen MR) is 63.4 cm³/mol. The van der Waals surface area contributed by atoms with Crippen LogP contribution in [0.25, 0.3) is 0 Å². The van der Waals surface area contributed by atoms with E-state index in [0.29, 0.717) is 19.0 Å². The van der Waals surface area contributed by atoms with Gasteiger partial charge in [0, 0.05) is 13.0 Å². The van der Waals surface area contributed by atoms with Gasteiger partial charge in [-0.25, -0.2) is 0 Å². The first-order valence-electron chi connectivity index (χ1n) is 6.50. The number of unbranched alkanes of at least 4 members (excludes halogenated alkanes) is 1. The Hall–Kier alpha value is -0.940. The zero-order chi connectivity index (χ0) is 12.1. The molecule has 1 aliphatic heterocycles. The van der Waals surface area contributed by atoms with Crippen molar-refractivity contribution in [3.05, 3.63) is 11.7 Å². The van der Waals surface area contributed by atoms with Crippen molar-refractivity contribution >= 4 is 0 Å². The van der Waals surface area contributed by atoms with E-state index in [1.54, 1.807) is 0 Å². The molecule has 1 aromatic heterocycles. The van der Waals surface area contributed by atoms with Crippen LogP contribution in [0.2, 0.25) is 0 Å². The van der Waals surface area contributed by atoms with E-state index in [9.17, 15) is 5.11 Å². The SMILES string of the molecule is CCCCc1noc(CN2CCC[C@H](O)C2)n1. The lowest BCUT2D eigenvalue weighted by atomic mass is 10.1. The van der Waals surface area contributed by atoms with Gasteiger partial charge in [0.15, 0.2) is 5.82 Å². The molecule has 5 nitrogen and oxygen atoms in total. The van der Waals surface area contributed by atoms with E-state index in [1.165, 1.54) is 0 Å². The minimum Gasteiger partial charge on any atom is -0.392 e. The molecule has 17 heavy (non-hydrogen) atoms. The van der Waals surface area contributed by atoms with Gasteiger partial charge in [-0.05, 0) is 25.8 Å². The Balaban J connectivity index is 1.83. The molecule has 0 spiro atoms. The molecule has 0 bridgehead atoms. The maximum Gasteiger partial charge on any atom is 0.240 e. The molecule has 1 N–H and O–H groups in total. The molecule has 1 aliphatic rings. The van der Waals surface area contributed by atoms with Gasteiger partial charge in [0.25, 0.3) is 0 Å². The van der Waals surface area contributed by atoms with Crippen LogP contribution in [0.5, 0.6) is 0 Å². The van der Waals surface area contributed by atoms with Crippen molar-refractivity contribution in [2.75, 3.05) is 13.1 Å². The second-order valence-corrected chi connectivity index (χ2v) is 4.74. The number of hydrogen-bond donors (Lipinski definition) is 1. The van der Waals surface area contributed by atoms with Crippen LogP contribution in [0.15, 0.2) is 4.52 Å². The van der Waals surface area contributed by atoms with Gasteiger partial charge < -0.3 is 9.63 Å². The van der Waals surface area contributed by atoms with Crippen molar-refractivity contribution in [1.82, 2.24) is 15.0 Å². The highest BCUT2D eigenvalue weighted by atomic mass is 16.5. The summed E-state index contributed by atoms with van der Waals surface area (Å²) in [5.41, 5.74) is 0. The highest BCUT2D eigenvalue weighted by molar-refractivity contribution is 4.87. The van der Waals surface area contributed by atoms with Gasteiger partial charge in [0.05, 0.1) is 12.6 Å². The maximum absolute atomic E-state index is 9.57. The first-order valence-corrected chi connectivity index (χ1v) is 6.50. The third-order valence-electron chi connectivity index (χ3n) is 3.10. The average Bonchev–Trinajstić information content (AvgIpc) is 2.74. The number of aryl methyl sites for hydroxylation is 1. The van der Waals surface area contributed by atoms with E-state index >= 15 is 0 Å². The maximum atomic E-state index is 9.57. The van der Waals surface area contributed by atoms with Gasteiger partial charge >= 0.3 is 0 Å². The lowest BCUT2D eigenvalue weighted by molar-refractivity contribution is 0.0613. The zero-order valence-corrected chi connectivity index (χ0v) is 10.4. The third-order valence-corrected chi connectivity index (χ3v) is 3.10. The van der Waals surface area contributed by atoms with Crippen LogP contribution < -0.4 is 0 Å². The topological polar surface area (TPSA) is 62.4 Å². The smallest absolute Gasteiger partial charge is 0.240 e. The van der Waals surface area contributed by atoms with Crippen LogP contribution in [0.1, 0.15) is 44.3 Å². The summed E-state index contributed by atoms with van der Waals surface area (Å²) in [6, 6.07) is 0. The Kier molecular flexibility index (Phi) is 4.50. The van der Waals surface area contributed by atoms with Gasteiger partial charge in [0.1, 0.15) is 0 Å². The van der Waals surface area contributed by atoms with Crippen LogP contribution in [0.3, 0.4) is 0 Å². The van der Waals surface area contributed by atoms with Gasteiger partial charge in [-0.1, -0.05) is 18.5 Å². The highest BCUT2D eigenvalue weighted by Gasteiger charge is 2.19. The molecule has 0 radical (unpaired) electrons. The van der Waals surface area contributed by atoms with E-state index in [1.807, 2.05) is 0 Å². The summed E-state index contributed by atoms with van der Waals surface area (Å²) >= 11 is 0. The number of aliphatic hydroxyl groups is 1. The van der Waals surface area contributed by atoms with E-state index in [-0.39, 0.29) is 6.10 Å². The Morgan fingerprint density at radius 3 is 3.18 bits per heavy atom. The summed E-state index contributed by atoms with van der Waals surface area (Å²) in [5, 5.41) is 13.5. The number of β-amino-alcohol motifs (C(OH)–C–C–N with tert-alkyl or cyclic N) is 1. The summed E-state index contributed by atoms with van der Waals surface area (Å²) in [6.45, 7) is 4.53. The Labute approximate surface area is 102 Å². The van der Waals surface area contributed by atoms with Gasteiger partial charge in [-0.2, -0.15) is 4.98 Å². The van der Waals surface area contributed by atoms with Crippen LogP contribution in [0, 0.1) is 0 Å². The van der Waals surface area contributed by atoms with Crippen molar-refractivity contribution in [3.8, 4) is 0 Å². The quantitative estimate of drug-likeness (QED) is 0.840. The van der Waals surface area contributed by atoms with Crippen molar-refractivity contribution in [2.24, 2.45) is 0 Å². The number of rotatable bonds is 5. The van der Waals surface area contributed by atoms with Crippen molar-refractivity contribution in [1.29, 1.82) is 0 Å². The van der Waals surface area contributed by atoms with Crippen LogP contribution in [-0.4, -0.2) is 39.3 Å². The first-order chi connectivity index (χ1) is 8.28. The minimum absolute atomic E-state index is 0.203. The predicted octanol–water partition coefficient (Wildman–Crippen LogP) is 1.37. The second-order valence-electron chi connectivity index (χ2n) is 4.74. The van der Waals surface area contributed by atoms with E-state index in [4.69, 9.17) is 4.52 Å². The van der Waals surface area contributed by atoms with Gasteiger partial charge in [0.2, 0.25) is 5.89 Å². The number of aliphatic hydroxyl groups excluding tert-OH is 1. The summed E-state index contributed by atoms with van der Waals surface area (Å²) in [6.07, 6.45) is 4.87. The van der Waals surface area contributed by atoms with Crippen molar-refractivity contribution < 1.29 is 9.63 Å². The fourth-order valence-electron chi connectivity index (χ4n) is 2.16. The average molecular weight is 239 g/mol. The number of aromatic nitrogens is 2. The molecule has 2 heterocycles. The van der Waals surface area contributed by atoms with Crippen molar-refractivity contribution in [3.63, 3.8) is 0 Å². The molecule has 1 aromatic rings. The molecule has 2 rings (SSSR count). The van der Waals surface area contributed by atoms with E-state index < -0.39 is 0 Å². The zero-order valence-electron chi connectivity index (χ0n) is 10.4. The van der Waals surface area contributed by atoms with Crippen molar-refractivity contribution in [2.45, 2.75) is 51.7 Å². The Morgan fingerprint density at radius 2 is 2.41 bits per heavy atom. The molecule has 0 amide bonds. The van der Waals surface area contributed by atoms with Gasteiger partial charge in [-0.3, -0.25) is 4.90 Å². The normalized spacial score (nSPS) is 21.9. The summed E-state index contributed by atoms with van der Waals surface area (Å²) in [5.74, 6) is 1.48. The fourth-order valence-corrected chi connectivity index (χ4v) is 2.16. The van der Waals surface area contributed by atoms with E-state index in [2.05, 4.69) is 22.0 Å². The minimum atomic E-state index is -0.203. The molecule has 96 valence electrons. The molecule has 0 unspecified atom stereocenters. The number of likely N-dealkylation sites (tertiary alicyclic amines) is 1. The summed E-state index contributed by atoms with van der Waals surface area (Å²) in [4.78, 5) is 6.54. The first kappa shape index (κ1) is 12.5. The Morgan fingerprint density at radius 1 is 1.53 bits per heavy atom. The highest BCUT2D eigenvalue weighted by Crippen LogP contribution is 2.13. The fraction of sp³-hybridized carbons (Fsp3) is 0.833. The van der Waals surface area contributed by atoms with Gasteiger partial charge in [-0.15, -0.1) is 0 Å². The largest absolute Gasteiger partial charge is 0.392 e.